The molecule has 0 aromatic heterocycles. The molecule has 0 aromatic rings. The van der Waals surface area contributed by atoms with Crippen LogP contribution in [-0.2, 0) is 14.2 Å². The van der Waals surface area contributed by atoms with Gasteiger partial charge in [-0.3, -0.25) is 0 Å². The highest BCUT2D eigenvalue weighted by Crippen LogP contribution is 2.12. The summed E-state index contributed by atoms with van der Waals surface area (Å²) in [6.07, 6.45) is 0.183. The Morgan fingerprint density at radius 1 is 1.00 bits per heavy atom. The molecular formula is C12H24O7. The lowest BCUT2D eigenvalue weighted by atomic mass is 10.0. The van der Waals surface area contributed by atoms with E-state index in [0.717, 1.165) is 26.4 Å². The zero-order chi connectivity index (χ0) is 14.1. The molecular weight excluding hydrogens is 256 g/mol. The molecule has 4 atom stereocenters. The maximum absolute atomic E-state index is 8.93. The molecule has 2 rings (SSSR count). The maximum atomic E-state index is 8.93. The van der Waals surface area contributed by atoms with Gasteiger partial charge in [0.1, 0.15) is 12.2 Å². The Kier molecular flexibility index (Phi) is 8.47. The van der Waals surface area contributed by atoms with Gasteiger partial charge >= 0.3 is 0 Å². The maximum Gasteiger partial charge on any atom is 0.104 e. The molecule has 7 heteroatoms. The third kappa shape index (κ3) is 8.48. The predicted molar refractivity (Wildman–Crippen MR) is 65.7 cm³/mol. The van der Waals surface area contributed by atoms with Crippen molar-refractivity contribution >= 4 is 0 Å². The molecule has 4 unspecified atom stereocenters. The van der Waals surface area contributed by atoms with Gasteiger partial charge < -0.3 is 34.6 Å². The highest BCUT2D eigenvalue weighted by Gasteiger charge is 2.26. The molecule has 114 valence electrons. The van der Waals surface area contributed by atoms with Gasteiger partial charge in [-0.15, -0.1) is 0 Å². The van der Waals surface area contributed by atoms with Crippen LogP contribution in [0.3, 0.4) is 0 Å². The van der Waals surface area contributed by atoms with Crippen molar-refractivity contribution in [2.45, 2.75) is 24.7 Å². The third-order valence-electron chi connectivity index (χ3n) is 2.88. The first kappa shape index (κ1) is 16.8. The van der Waals surface area contributed by atoms with Crippen molar-refractivity contribution in [3.63, 3.8) is 0 Å². The minimum absolute atomic E-state index is 0.0811. The van der Waals surface area contributed by atoms with Crippen LogP contribution >= 0.6 is 0 Å². The number of aliphatic hydroxyl groups excluding tert-OH is 4. The van der Waals surface area contributed by atoms with Crippen molar-refractivity contribution < 1.29 is 34.6 Å². The van der Waals surface area contributed by atoms with E-state index in [2.05, 4.69) is 0 Å². The molecule has 0 radical (unpaired) electrons. The number of epoxide rings is 2. The molecule has 2 aliphatic rings. The summed E-state index contributed by atoms with van der Waals surface area (Å²) in [7, 11) is 0. The SMILES string of the molecule is C(OCC1CO1)C1CO1.OCCC(CO)C(O)CO. The van der Waals surface area contributed by atoms with E-state index >= 15 is 0 Å². The van der Waals surface area contributed by atoms with Crippen LogP contribution in [-0.4, -0.2) is 85.0 Å². The summed E-state index contributed by atoms with van der Waals surface area (Å²) < 4.78 is 15.1. The van der Waals surface area contributed by atoms with Gasteiger partial charge in [-0.2, -0.15) is 0 Å². The Hall–Kier alpha value is -0.280. The van der Waals surface area contributed by atoms with Crippen LogP contribution in [0.25, 0.3) is 0 Å². The first-order valence-corrected chi connectivity index (χ1v) is 6.52. The van der Waals surface area contributed by atoms with E-state index in [1.54, 1.807) is 0 Å². The lowest BCUT2D eigenvalue weighted by Crippen LogP contribution is -2.27. The van der Waals surface area contributed by atoms with Gasteiger partial charge in [-0.05, 0) is 6.42 Å². The van der Waals surface area contributed by atoms with Crippen LogP contribution in [0.5, 0.6) is 0 Å². The molecule has 4 N–H and O–H groups in total. The van der Waals surface area contributed by atoms with Crippen LogP contribution in [0.1, 0.15) is 6.42 Å². The second kappa shape index (κ2) is 9.60. The zero-order valence-corrected chi connectivity index (χ0v) is 11.0. The fourth-order valence-electron chi connectivity index (χ4n) is 1.38. The van der Waals surface area contributed by atoms with Gasteiger partial charge in [0, 0.05) is 19.1 Å². The summed E-state index contributed by atoms with van der Waals surface area (Å²) in [4.78, 5) is 0. The van der Waals surface area contributed by atoms with Gasteiger partial charge in [-0.25, -0.2) is 0 Å². The molecule has 19 heavy (non-hydrogen) atoms. The van der Waals surface area contributed by atoms with Crippen molar-refractivity contribution in [3.8, 4) is 0 Å². The van der Waals surface area contributed by atoms with Crippen molar-refractivity contribution in [1.29, 1.82) is 0 Å². The lowest BCUT2D eigenvalue weighted by molar-refractivity contribution is 0.0126. The van der Waals surface area contributed by atoms with Crippen LogP contribution in [0.2, 0.25) is 0 Å². The molecule has 0 bridgehead atoms. The summed E-state index contributed by atoms with van der Waals surface area (Å²) in [6.45, 7) is 2.60. The van der Waals surface area contributed by atoms with Crippen molar-refractivity contribution in [1.82, 2.24) is 0 Å². The van der Waals surface area contributed by atoms with E-state index < -0.39 is 12.0 Å². The molecule has 0 aromatic carbocycles. The quantitative estimate of drug-likeness (QED) is 0.366. The van der Waals surface area contributed by atoms with E-state index in [4.69, 9.17) is 34.6 Å². The van der Waals surface area contributed by atoms with Crippen molar-refractivity contribution in [2.75, 3.05) is 46.2 Å². The van der Waals surface area contributed by atoms with Gasteiger partial charge in [0.2, 0.25) is 0 Å². The summed E-state index contributed by atoms with van der Waals surface area (Å²) in [5.74, 6) is -0.407. The minimum Gasteiger partial charge on any atom is -0.396 e. The van der Waals surface area contributed by atoms with E-state index in [9.17, 15) is 0 Å². The average Bonchev–Trinajstić information content (AvgIpc) is 3.30. The number of hydrogen-bond donors (Lipinski definition) is 4. The van der Waals surface area contributed by atoms with Crippen molar-refractivity contribution in [2.24, 2.45) is 5.92 Å². The van der Waals surface area contributed by atoms with Gasteiger partial charge in [0.15, 0.2) is 0 Å². The summed E-state index contributed by atoms with van der Waals surface area (Å²) in [5, 5.41) is 34.3. The van der Waals surface area contributed by atoms with Crippen molar-refractivity contribution in [3.05, 3.63) is 0 Å². The largest absolute Gasteiger partial charge is 0.396 e. The molecule has 0 aliphatic carbocycles. The van der Waals surface area contributed by atoms with Crippen LogP contribution in [0.15, 0.2) is 0 Å². The fraction of sp³-hybridized carbons (Fsp3) is 1.00. The van der Waals surface area contributed by atoms with Crippen LogP contribution < -0.4 is 0 Å². The van der Waals surface area contributed by atoms with Crippen LogP contribution in [0.4, 0.5) is 0 Å². The molecule has 2 heterocycles. The van der Waals surface area contributed by atoms with E-state index in [1.807, 2.05) is 0 Å². The Labute approximate surface area is 112 Å². The summed E-state index contributed by atoms with van der Waals surface area (Å²) >= 11 is 0. The second-order valence-electron chi connectivity index (χ2n) is 4.65. The highest BCUT2D eigenvalue weighted by atomic mass is 16.6. The number of ether oxygens (including phenoxy) is 3. The Balaban J connectivity index is 0.000000190. The molecule has 0 saturated carbocycles. The molecule has 7 nitrogen and oxygen atoms in total. The molecule has 0 spiro atoms. The summed E-state index contributed by atoms with van der Waals surface area (Å²) in [5.41, 5.74) is 0. The highest BCUT2D eigenvalue weighted by molar-refractivity contribution is 4.71. The van der Waals surface area contributed by atoms with Gasteiger partial charge in [-0.1, -0.05) is 0 Å². The van der Waals surface area contributed by atoms with Crippen LogP contribution in [0, 0.1) is 5.92 Å². The van der Waals surface area contributed by atoms with Gasteiger partial charge in [0.05, 0.1) is 39.1 Å². The molecule has 0 amide bonds. The zero-order valence-electron chi connectivity index (χ0n) is 11.0. The Morgan fingerprint density at radius 2 is 1.53 bits per heavy atom. The third-order valence-corrected chi connectivity index (χ3v) is 2.88. The predicted octanol–water partition coefficient (Wildman–Crippen LogP) is -1.87. The topological polar surface area (TPSA) is 115 Å². The lowest BCUT2D eigenvalue weighted by Gasteiger charge is -2.16. The minimum atomic E-state index is -0.919. The molecule has 2 saturated heterocycles. The van der Waals surface area contributed by atoms with E-state index in [0.29, 0.717) is 18.6 Å². The second-order valence-corrected chi connectivity index (χ2v) is 4.65. The smallest absolute Gasteiger partial charge is 0.104 e. The number of aliphatic hydroxyl groups is 4. The molecule has 2 fully saturated rings. The monoisotopic (exact) mass is 280 g/mol. The first-order chi connectivity index (χ1) is 9.21. The number of rotatable bonds is 9. The Bertz CT molecular complexity index is 206. The molecule has 2 aliphatic heterocycles. The number of hydrogen-bond acceptors (Lipinski definition) is 7. The van der Waals surface area contributed by atoms with Gasteiger partial charge in [0.25, 0.3) is 0 Å². The van der Waals surface area contributed by atoms with E-state index in [-0.39, 0.29) is 19.8 Å². The first-order valence-electron chi connectivity index (χ1n) is 6.52. The normalized spacial score (nSPS) is 27.2. The average molecular weight is 280 g/mol. The fourth-order valence-corrected chi connectivity index (χ4v) is 1.38. The summed E-state index contributed by atoms with van der Waals surface area (Å²) in [6, 6.07) is 0. The standard InChI is InChI=1S/C6H14O4.C6H10O3/c7-2-1-5(3-8)6(10)4-9;1(5-3-8-5)7-2-6-4-9-6/h5-10H,1-4H2;5-6H,1-4H2. The Morgan fingerprint density at radius 3 is 1.84 bits per heavy atom. The van der Waals surface area contributed by atoms with E-state index in [1.165, 1.54) is 0 Å².